The van der Waals surface area contributed by atoms with Gasteiger partial charge in [0, 0.05) is 23.2 Å². The minimum Gasteiger partial charge on any atom is -0.507 e. The maximum Gasteiger partial charge on any atom is 0.251 e. The zero-order valence-electron chi connectivity index (χ0n) is 20.2. The van der Waals surface area contributed by atoms with Gasteiger partial charge in [0.05, 0.1) is 11.4 Å². The molecule has 0 fully saturated rings. The zero-order chi connectivity index (χ0) is 23.5. The third kappa shape index (κ3) is 3.26. The lowest BCUT2D eigenvalue weighted by Crippen LogP contribution is -2.42. The number of hydrogen-bond donors (Lipinski definition) is 4. The van der Waals surface area contributed by atoms with E-state index in [0.717, 1.165) is 22.3 Å². The van der Waals surface area contributed by atoms with E-state index < -0.39 is 0 Å². The van der Waals surface area contributed by atoms with E-state index >= 15 is 0 Å². The second-order valence-corrected chi connectivity index (χ2v) is 10.7. The first-order valence-electron chi connectivity index (χ1n) is 10.9. The number of amides is 1. The predicted molar refractivity (Wildman–Crippen MR) is 129 cm³/mol. The van der Waals surface area contributed by atoms with Crippen molar-refractivity contribution in [3.05, 3.63) is 51.6 Å². The van der Waals surface area contributed by atoms with Gasteiger partial charge >= 0.3 is 0 Å². The van der Waals surface area contributed by atoms with Crippen LogP contribution < -0.4 is 16.8 Å². The lowest BCUT2D eigenvalue weighted by atomic mass is 9.59. The highest BCUT2D eigenvalue weighted by molar-refractivity contribution is 5.94. The molecule has 0 saturated carbocycles. The Morgan fingerprint density at radius 2 is 1.42 bits per heavy atom. The predicted octanol–water partition coefficient (Wildman–Crippen LogP) is 4.74. The monoisotopic (exact) mass is 423 g/mol. The minimum absolute atomic E-state index is 0.137. The summed E-state index contributed by atoms with van der Waals surface area (Å²) in [6.07, 6.45) is 0.405. The number of hydrogen-bond acceptors (Lipinski definition) is 4. The number of phenolic OH excluding ortho intramolecular Hbond substituents is 1. The molecular weight excluding hydrogens is 386 g/mol. The Hall–Kier alpha value is -2.69. The highest BCUT2D eigenvalue weighted by Gasteiger charge is 2.59. The van der Waals surface area contributed by atoms with E-state index in [4.69, 9.17) is 11.5 Å². The molecule has 5 nitrogen and oxygen atoms in total. The van der Waals surface area contributed by atoms with Crippen molar-refractivity contribution in [1.29, 1.82) is 0 Å². The molecule has 0 bridgehead atoms. The average Bonchev–Trinajstić information content (AvgIpc) is 2.75. The van der Waals surface area contributed by atoms with E-state index in [1.54, 1.807) is 0 Å². The fourth-order valence-corrected chi connectivity index (χ4v) is 5.25. The standard InChI is InChI=1S/C26H37N3O2/c1-14-11-15(2)13-16(12-14)23(31)29-10-9-17-20(27)21(28)18-19(22(17)30)25(5,6)26(7,8)24(18,3)4/h11-13,30H,9-10,27-28H2,1-8H3,(H,29,31). The van der Waals surface area contributed by atoms with Crippen molar-refractivity contribution in [2.45, 2.75) is 72.6 Å². The molecule has 1 amide bonds. The number of fused-ring (bicyclic) bond motifs is 1. The Morgan fingerprint density at radius 3 is 1.97 bits per heavy atom. The van der Waals surface area contributed by atoms with Gasteiger partial charge in [-0.05, 0) is 54.2 Å². The molecule has 1 aliphatic carbocycles. The van der Waals surface area contributed by atoms with E-state index in [2.05, 4.69) is 46.9 Å². The molecule has 0 aromatic heterocycles. The summed E-state index contributed by atoms with van der Waals surface area (Å²) in [6, 6.07) is 5.77. The SMILES string of the molecule is Cc1cc(C)cc(C(=O)NCCc2c(N)c(N)c3c(c2O)C(C)(C)C(C)(C)C3(C)C)c1. The van der Waals surface area contributed by atoms with E-state index in [1.807, 2.05) is 32.0 Å². The molecule has 31 heavy (non-hydrogen) atoms. The van der Waals surface area contributed by atoms with E-state index in [9.17, 15) is 9.90 Å². The van der Waals surface area contributed by atoms with E-state index in [-0.39, 0.29) is 27.9 Å². The summed E-state index contributed by atoms with van der Waals surface area (Å²) in [4.78, 5) is 12.6. The molecule has 2 aromatic carbocycles. The summed E-state index contributed by atoms with van der Waals surface area (Å²) >= 11 is 0. The number of nitrogens with one attached hydrogen (secondary N) is 1. The Morgan fingerprint density at radius 1 is 0.903 bits per heavy atom. The van der Waals surface area contributed by atoms with Crippen molar-refractivity contribution >= 4 is 17.3 Å². The number of nitrogen functional groups attached to an aromatic ring is 2. The largest absolute Gasteiger partial charge is 0.507 e. The number of phenols is 1. The lowest BCUT2D eigenvalue weighted by molar-refractivity contribution is 0.0954. The molecule has 0 saturated heterocycles. The number of anilines is 2. The number of aryl methyl sites for hydroxylation is 2. The molecule has 0 unspecified atom stereocenters. The van der Waals surface area contributed by atoms with Crippen LogP contribution in [0.5, 0.6) is 5.75 Å². The van der Waals surface area contributed by atoms with Gasteiger partial charge in [0.1, 0.15) is 5.75 Å². The number of benzene rings is 2. The number of carbonyl (C=O) groups is 1. The van der Waals surface area contributed by atoms with Gasteiger partial charge in [-0.1, -0.05) is 58.7 Å². The number of carbonyl (C=O) groups excluding carboxylic acids is 1. The normalized spacial score (nSPS) is 17.9. The van der Waals surface area contributed by atoms with Gasteiger partial charge in [0.15, 0.2) is 0 Å². The highest BCUT2D eigenvalue weighted by atomic mass is 16.3. The van der Waals surface area contributed by atoms with Gasteiger partial charge in [-0.15, -0.1) is 0 Å². The second kappa shape index (κ2) is 7.18. The van der Waals surface area contributed by atoms with Gasteiger partial charge in [0.2, 0.25) is 0 Å². The molecule has 3 rings (SSSR count). The Balaban J connectivity index is 1.93. The molecule has 168 valence electrons. The van der Waals surface area contributed by atoms with Crippen LogP contribution in [0, 0.1) is 19.3 Å². The van der Waals surface area contributed by atoms with Crippen molar-refractivity contribution in [1.82, 2.24) is 5.32 Å². The van der Waals surface area contributed by atoms with Crippen LogP contribution >= 0.6 is 0 Å². The number of aromatic hydroxyl groups is 1. The molecule has 0 aliphatic heterocycles. The van der Waals surface area contributed by atoms with Crippen LogP contribution in [0.15, 0.2) is 18.2 Å². The van der Waals surface area contributed by atoms with E-state index in [0.29, 0.717) is 35.5 Å². The summed E-state index contributed by atoms with van der Waals surface area (Å²) in [5.41, 5.74) is 18.4. The maximum absolute atomic E-state index is 12.6. The third-order valence-corrected chi connectivity index (χ3v) is 8.18. The molecule has 0 atom stereocenters. The Bertz CT molecular complexity index is 1040. The zero-order valence-corrected chi connectivity index (χ0v) is 20.2. The smallest absolute Gasteiger partial charge is 0.251 e. The first kappa shape index (κ1) is 23.0. The lowest BCUT2D eigenvalue weighted by Gasteiger charge is -2.44. The quantitative estimate of drug-likeness (QED) is 0.421. The maximum atomic E-state index is 12.6. The van der Waals surface area contributed by atoms with Gasteiger partial charge in [-0.25, -0.2) is 0 Å². The van der Waals surface area contributed by atoms with Crippen molar-refractivity contribution in [3.63, 3.8) is 0 Å². The number of nitrogens with two attached hydrogens (primary N) is 2. The summed E-state index contributed by atoms with van der Waals surface area (Å²) in [5, 5.41) is 14.3. The average molecular weight is 424 g/mol. The van der Waals surface area contributed by atoms with Crippen LogP contribution in [0.3, 0.4) is 0 Å². The summed E-state index contributed by atoms with van der Waals surface area (Å²) in [7, 11) is 0. The topological polar surface area (TPSA) is 101 Å². The fraction of sp³-hybridized carbons (Fsp3) is 0.500. The van der Waals surface area contributed by atoms with Gasteiger partial charge in [0.25, 0.3) is 5.91 Å². The highest BCUT2D eigenvalue weighted by Crippen LogP contribution is 2.66. The van der Waals surface area contributed by atoms with Gasteiger partial charge in [-0.3, -0.25) is 4.79 Å². The molecule has 0 spiro atoms. The van der Waals surface area contributed by atoms with Crippen molar-refractivity contribution in [2.75, 3.05) is 18.0 Å². The molecule has 2 aromatic rings. The minimum atomic E-state index is -0.297. The Labute approximate surface area is 186 Å². The molecule has 5 heteroatoms. The molecule has 1 aliphatic rings. The van der Waals surface area contributed by atoms with Crippen LogP contribution in [-0.4, -0.2) is 17.6 Å². The summed E-state index contributed by atoms with van der Waals surface area (Å²) in [5.74, 6) is 0.0765. The molecule has 6 N–H and O–H groups in total. The van der Waals surface area contributed by atoms with Crippen LogP contribution in [-0.2, 0) is 17.3 Å². The van der Waals surface area contributed by atoms with Gasteiger partial charge in [-0.2, -0.15) is 0 Å². The second-order valence-electron chi connectivity index (χ2n) is 10.7. The van der Waals surface area contributed by atoms with Crippen LogP contribution in [0.25, 0.3) is 0 Å². The van der Waals surface area contributed by atoms with Gasteiger partial charge < -0.3 is 21.9 Å². The first-order valence-corrected chi connectivity index (χ1v) is 10.9. The number of rotatable bonds is 4. The molecule has 0 heterocycles. The summed E-state index contributed by atoms with van der Waals surface area (Å²) < 4.78 is 0. The third-order valence-electron chi connectivity index (χ3n) is 8.18. The van der Waals surface area contributed by atoms with E-state index in [1.165, 1.54) is 0 Å². The van der Waals surface area contributed by atoms with Crippen molar-refractivity contribution in [3.8, 4) is 5.75 Å². The first-order chi connectivity index (χ1) is 14.1. The van der Waals surface area contributed by atoms with Crippen molar-refractivity contribution in [2.24, 2.45) is 5.41 Å². The van der Waals surface area contributed by atoms with Crippen LogP contribution in [0.4, 0.5) is 11.4 Å². The fourth-order valence-electron chi connectivity index (χ4n) is 5.25. The van der Waals surface area contributed by atoms with Crippen molar-refractivity contribution < 1.29 is 9.90 Å². The molecule has 0 radical (unpaired) electrons. The summed E-state index contributed by atoms with van der Waals surface area (Å²) in [6.45, 7) is 17.4. The Kier molecular flexibility index (Phi) is 5.32. The van der Waals surface area contributed by atoms with Crippen LogP contribution in [0.1, 0.15) is 79.7 Å². The van der Waals surface area contributed by atoms with Crippen LogP contribution in [0.2, 0.25) is 0 Å². The molecular formula is C26H37N3O2.